The zero-order valence-electron chi connectivity index (χ0n) is 13.7. The lowest BCUT2D eigenvalue weighted by Gasteiger charge is -2.01. The van der Waals surface area contributed by atoms with E-state index in [1.54, 1.807) is 0 Å². The summed E-state index contributed by atoms with van der Waals surface area (Å²) < 4.78 is 2.28. The van der Waals surface area contributed by atoms with Crippen LogP contribution in [0.25, 0.3) is 6.08 Å². The number of hydrogen-bond acceptors (Lipinski definition) is 0. The number of rotatable bonds is 12. The molecule has 0 amide bonds. The van der Waals surface area contributed by atoms with Gasteiger partial charge in [0.05, 0.1) is 0 Å². The van der Waals surface area contributed by atoms with Gasteiger partial charge < -0.3 is 24.0 Å². The molecule has 21 heavy (non-hydrogen) atoms. The number of aromatic nitrogens is 1. The van der Waals surface area contributed by atoms with E-state index >= 15 is 0 Å². The molecule has 0 radical (unpaired) electrons. The van der Waals surface area contributed by atoms with Crippen molar-refractivity contribution < 1.29 is 28.5 Å². The molecule has 1 aromatic heterocycles. The van der Waals surface area contributed by atoms with Crippen molar-refractivity contribution >= 4 is 6.08 Å². The van der Waals surface area contributed by atoms with Crippen molar-refractivity contribution in [2.45, 2.75) is 77.7 Å². The molecule has 0 aliphatic rings. The van der Waals surface area contributed by atoms with E-state index in [1.807, 2.05) is 6.08 Å². The summed E-state index contributed by atoms with van der Waals surface area (Å²) in [5, 5.41) is 0. The van der Waals surface area contributed by atoms with Gasteiger partial charge in [0.2, 0.25) is 0 Å². The second kappa shape index (κ2) is 14.6. The zero-order valence-corrected chi connectivity index (χ0v) is 15.9. The maximum atomic E-state index is 3.82. The Balaban J connectivity index is 0.00000400. The van der Waals surface area contributed by atoms with E-state index in [9.17, 15) is 0 Å². The number of pyridine rings is 1. The molecule has 120 valence electrons. The monoisotopic (exact) mass is 401 g/mol. The van der Waals surface area contributed by atoms with Gasteiger partial charge in [-0.15, -0.1) is 0 Å². The first-order chi connectivity index (χ1) is 9.86. The van der Waals surface area contributed by atoms with E-state index < -0.39 is 0 Å². The highest BCUT2D eigenvalue weighted by atomic mass is 127. The fourth-order valence-corrected chi connectivity index (χ4v) is 2.58. The van der Waals surface area contributed by atoms with Crippen molar-refractivity contribution in [1.29, 1.82) is 0 Å². The average Bonchev–Trinajstić information content (AvgIpc) is 2.49. The maximum absolute atomic E-state index is 3.82. The Morgan fingerprint density at radius 1 is 0.952 bits per heavy atom. The van der Waals surface area contributed by atoms with Gasteiger partial charge in [0.1, 0.15) is 6.54 Å². The summed E-state index contributed by atoms with van der Waals surface area (Å²) in [7, 11) is 0. The fraction of sp³-hybridized carbons (Fsp3) is 0.632. The quantitative estimate of drug-likeness (QED) is 0.288. The highest BCUT2D eigenvalue weighted by Gasteiger charge is 2.00. The second-order valence-electron chi connectivity index (χ2n) is 5.76. The van der Waals surface area contributed by atoms with Crippen molar-refractivity contribution in [1.82, 2.24) is 0 Å². The molecule has 0 spiro atoms. The molecule has 0 saturated carbocycles. The normalized spacial score (nSPS) is 10.1. The minimum atomic E-state index is 0. The third-order valence-electron chi connectivity index (χ3n) is 3.89. The molecule has 0 atom stereocenters. The highest BCUT2D eigenvalue weighted by molar-refractivity contribution is 5.43. The van der Waals surface area contributed by atoms with Crippen LogP contribution in [0.15, 0.2) is 31.1 Å². The van der Waals surface area contributed by atoms with Crippen LogP contribution in [-0.4, -0.2) is 0 Å². The molecule has 0 unspecified atom stereocenters. The van der Waals surface area contributed by atoms with Gasteiger partial charge in [0.25, 0.3) is 0 Å². The molecule has 2 heteroatoms. The van der Waals surface area contributed by atoms with E-state index in [2.05, 4.69) is 42.6 Å². The van der Waals surface area contributed by atoms with E-state index in [0.29, 0.717) is 0 Å². The van der Waals surface area contributed by atoms with Crippen LogP contribution in [0.1, 0.15) is 76.7 Å². The first-order valence-electron chi connectivity index (χ1n) is 8.48. The lowest BCUT2D eigenvalue weighted by Crippen LogP contribution is -3.00. The Hall–Kier alpha value is -0.380. The van der Waals surface area contributed by atoms with Crippen molar-refractivity contribution in [2.75, 3.05) is 0 Å². The first kappa shape index (κ1) is 20.6. The largest absolute Gasteiger partial charge is 1.00 e. The van der Waals surface area contributed by atoms with Crippen molar-refractivity contribution in [3.05, 3.63) is 36.7 Å². The molecule has 0 fully saturated rings. The number of unbranched alkanes of at least 4 members (excludes halogenated alkanes) is 9. The summed E-state index contributed by atoms with van der Waals surface area (Å²) in [6, 6.07) is 4.20. The summed E-state index contributed by atoms with van der Waals surface area (Å²) in [5.74, 6) is 0. The van der Waals surface area contributed by atoms with Crippen LogP contribution in [0, 0.1) is 0 Å². The molecule has 0 N–H and O–H groups in total. The Bertz CT molecular complexity index is 362. The molecule has 0 aliphatic carbocycles. The van der Waals surface area contributed by atoms with Gasteiger partial charge in [-0.25, -0.2) is 4.57 Å². The summed E-state index contributed by atoms with van der Waals surface area (Å²) in [5.41, 5.74) is 1.21. The molecular formula is C19H32IN. The second-order valence-corrected chi connectivity index (χ2v) is 5.76. The van der Waals surface area contributed by atoms with Gasteiger partial charge in [0.15, 0.2) is 12.4 Å². The van der Waals surface area contributed by atoms with Crippen LogP contribution in [-0.2, 0) is 6.54 Å². The van der Waals surface area contributed by atoms with Crippen LogP contribution in [0.2, 0.25) is 0 Å². The highest BCUT2D eigenvalue weighted by Crippen LogP contribution is 2.10. The predicted molar refractivity (Wildman–Crippen MR) is 88.6 cm³/mol. The van der Waals surface area contributed by atoms with Gasteiger partial charge in [-0.1, -0.05) is 70.9 Å². The standard InChI is InChI=1S/C19H32N.HI/c1-3-5-6-7-8-9-10-11-12-13-16-20-17-14-15-19(4-2)18-20;/h4,14-15,17-18H,2-3,5-13,16H2,1H3;1H/q+1;/p-1. The minimum absolute atomic E-state index is 0. The smallest absolute Gasteiger partial charge is 0.176 e. The summed E-state index contributed by atoms with van der Waals surface area (Å²) >= 11 is 0. The summed E-state index contributed by atoms with van der Waals surface area (Å²) in [4.78, 5) is 0. The van der Waals surface area contributed by atoms with Crippen LogP contribution < -0.4 is 28.5 Å². The minimum Gasteiger partial charge on any atom is -1.00 e. The van der Waals surface area contributed by atoms with Gasteiger partial charge in [-0.3, -0.25) is 0 Å². The van der Waals surface area contributed by atoms with E-state index in [4.69, 9.17) is 0 Å². The number of aryl methyl sites for hydroxylation is 1. The van der Waals surface area contributed by atoms with Crippen LogP contribution >= 0.6 is 0 Å². The van der Waals surface area contributed by atoms with Crippen molar-refractivity contribution in [3.63, 3.8) is 0 Å². The number of halogens is 1. The molecule has 0 saturated heterocycles. The van der Waals surface area contributed by atoms with E-state index in [-0.39, 0.29) is 24.0 Å². The van der Waals surface area contributed by atoms with Crippen LogP contribution in [0.3, 0.4) is 0 Å². The molecule has 0 bridgehead atoms. The maximum Gasteiger partial charge on any atom is 0.176 e. The van der Waals surface area contributed by atoms with Gasteiger partial charge in [0, 0.05) is 18.1 Å². The SMILES string of the molecule is C=Cc1ccc[n+](CCCCCCCCCCCC)c1.[I-]. The Labute approximate surface area is 148 Å². The third kappa shape index (κ3) is 10.9. The van der Waals surface area contributed by atoms with Gasteiger partial charge >= 0.3 is 0 Å². The topological polar surface area (TPSA) is 3.88 Å². The number of hydrogen-bond donors (Lipinski definition) is 0. The fourth-order valence-electron chi connectivity index (χ4n) is 2.58. The van der Waals surface area contributed by atoms with Gasteiger partial charge in [-0.2, -0.15) is 0 Å². The molecule has 1 rings (SSSR count). The van der Waals surface area contributed by atoms with Gasteiger partial charge in [-0.05, 0) is 12.5 Å². The van der Waals surface area contributed by atoms with Crippen LogP contribution in [0.5, 0.6) is 0 Å². The molecule has 1 nitrogen and oxygen atoms in total. The lowest BCUT2D eigenvalue weighted by molar-refractivity contribution is -0.697. The predicted octanol–water partition coefficient (Wildman–Crippen LogP) is 2.54. The molecular weight excluding hydrogens is 369 g/mol. The Morgan fingerprint density at radius 2 is 1.52 bits per heavy atom. The summed E-state index contributed by atoms with van der Waals surface area (Å²) in [6.07, 6.45) is 20.2. The average molecular weight is 401 g/mol. The van der Waals surface area contributed by atoms with Crippen LogP contribution in [0.4, 0.5) is 0 Å². The zero-order chi connectivity index (χ0) is 14.5. The van der Waals surface area contributed by atoms with E-state index in [1.165, 1.54) is 69.8 Å². The molecule has 0 aromatic carbocycles. The Kier molecular flexibility index (Phi) is 14.3. The third-order valence-corrected chi connectivity index (χ3v) is 3.89. The van der Waals surface area contributed by atoms with Crippen molar-refractivity contribution in [3.8, 4) is 0 Å². The molecule has 1 heterocycles. The molecule has 1 aromatic rings. The summed E-state index contributed by atoms with van der Waals surface area (Å²) in [6.45, 7) is 7.23. The molecule has 0 aliphatic heterocycles. The first-order valence-corrected chi connectivity index (χ1v) is 8.48. The lowest BCUT2D eigenvalue weighted by atomic mass is 10.1. The van der Waals surface area contributed by atoms with Crippen molar-refractivity contribution in [2.24, 2.45) is 0 Å². The number of nitrogens with zero attached hydrogens (tertiary/aromatic N) is 1. The Morgan fingerprint density at radius 3 is 2.10 bits per heavy atom. The van der Waals surface area contributed by atoms with E-state index in [0.717, 1.165) is 6.54 Å².